The van der Waals surface area contributed by atoms with Crippen molar-refractivity contribution in [2.45, 2.75) is 19.9 Å². The first kappa shape index (κ1) is 22.1. The molecule has 0 fully saturated rings. The molecule has 1 aliphatic rings. The molecule has 33 heavy (non-hydrogen) atoms. The molecule has 6 heteroatoms. The number of carbonyl (C=O) groups is 1. The van der Waals surface area contributed by atoms with E-state index >= 15 is 0 Å². The van der Waals surface area contributed by atoms with Gasteiger partial charge in [-0.05, 0) is 76.2 Å². The molecule has 0 saturated carbocycles. The zero-order valence-corrected chi connectivity index (χ0v) is 18.4. The number of methoxy groups -OCH3 is 1. The Labute approximate surface area is 191 Å². The Bertz CT molecular complexity index is 1280. The molecule has 168 valence electrons. The molecule has 3 aromatic rings. The van der Waals surface area contributed by atoms with Gasteiger partial charge in [0.25, 0.3) is 0 Å². The maximum atomic E-state index is 14.1. The minimum atomic E-state index is -0.381. The quantitative estimate of drug-likeness (QED) is 0.451. The number of phenols is 2. The molecular formula is C27H24FNO4. The maximum Gasteiger partial charge on any atom is 0.224 e. The molecule has 0 saturated heterocycles. The molecule has 3 N–H and O–H groups in total. The highest BCUT2D eigenvalue weighted by Gasteiger charge is 2.26. The first-order chi connectivity index (χ1) is 15.9. The molecule has 3 aromatic carbocycles. The molecule has 0 bridgehead atoms. The summed E-state index contributed by atoms with van der Waals surface area (Å²) in [5, 5.41) is 22.9. The molecule has 0 atom stereocenters. The highest BCUT2D eigenvalue weighted by atomic mass is 19.1. The summed E-state index contributed by atoms with van der Waals surface area (Å²) in [6, 6.07) is 17.2. The van der Waals surface area contributed by atoms with Gasteiger partial charge in [-0.2, -0.15) is 0 Å². The lowest BCUT2D eigenvalue weighted by molar-refractivity contribution is -0.120. The Morgan fingerprint density at radius 2 is 1.82 bits per heavy atom. The number of fused-ring (bicyclic) bond motifs is 1. The van der Waals surface area contributed by atoms with Crippen LogP contribution in [-0.2, 0) is 11.3 Å². The summed E-state index contributed by atoms with van der Waals surface area (Å²) in [5.74, 6) is -1.04. The SMILES string of the molecule is COc1cc(/C=C2/C(C)=C(CC(=O)NCc3ccccc3)c3cc(F)ccc32)cc(O)c1O. The van der Waals surface area contributed by atoms with Crippen molar-refractivity contribution in [3.8, 4) is 17.2 Å². The van der Waals surface area contributed by atoms with Crippen LogP contribution >= 0.6 is 0 Å². The third-order valence-corrected chi connectivity index (χ3v) is 5.73. The van der Waals surface area contributed by atoms with E-state index in [0.29, 0.717) is 17.7 Å². The first-order valence-electron chi connectivity index (χ1n) is 10.5. The van der Waals surface area contributed by atoms with Gasteiger partial charge >= 0.3 is 0 Å². The van der Waals surface area contributed by atoms with Gasteiger partial charge in [0.05, 0.1) is 13.5 Å². The molecule has 0 spiro atoms. The number of allylic oxidation sites excluding steroid dienone is 2. The lowest BCUT2D eigenvalue weighted by atomic mass is 10.00. The van der Waals surface area contributed by atoms with Crippen molar-refractivity contribution in [3.05, 3.63) is 94.3 Å². The number of benzene rings is 3. The van der Waals surface area contributed by atoms with Gasteiger partial charge in [-0.1, -0.05) is 36.4 Å². The van der Waals surface area contributed by atoms with E-state index in [1.165, 1.54) is 25.3 Å². The number of halogens is 1. The van der Waals surface area contributed by atoms with Gasteiger partial charge in [0.1, 0.15) is 5.82 Å². The number of ether oxygens (including phenoxy) is 1. The topological polar surface area (TPSA) is 78.8 Å². The highest BCUT2D eigenvalue weighted by Crippen LogP contribution is 2.45. The summed E-state index contributed by atoms with van der Waals surface area (Å²) in [6.07, 6.45) is 1.93. The average Bonchev–Trinajstić information content (AvgIpc) is 3.05. The number of hydrogen-bond acceptors (Lipinski definition) is 4. The summed E-state index contributed by atoms with van der Waals surface area (Å²) < 4.78 is 19.2. The number of nitrogens with one attached hydrogen (secondary N) is 1. The Morgan fingerprint density at radius 3 is 2.55 bits per heavy atom. The Balaban J connectivity index is 1.67. The fraction of sp³-hybridized carbons (Fsp3) is 0.148. The van der Waals surface area contributed by atoms with Crippen LogP contribution in [0.5, 0.6) is 17.2 Å². The van der Waals surface area contributed by atoms with Crippen molar-refractivity contribution in [3.63, 3.8) is 0 Å². The number of aromatic hydroxyl groups is 2. The van der Waals surface area contributed by atoms with Crippen LogP contribution in [-0.4, -0.2) is 23.2 Å². The van der Waals surface area contributed by atoms with Crippen LogP contribution in [0.15, 0.2) is 66.2 Å². The molecular weight excluding hydrogens is 421 g/mol. The molecule has 0 unspecified atom stereocenters. The molecule has 5 nitrogen and oxygen atoms in total. The van der Waals surface area contributed by atoms with Crippen LogP contribution in [0.25, 0.3) is 17.2 Å². The minimum absolute atomic E-state index is 0.108. The molecule has 0 aromatic heterocycles. The van der Waals surface area contributed by atoms with Crippen LogP contribution in [0.1, 0.15) is 35.6 Å². The van der Waals surface area contributed by atoms with Crippen molar-refractivity contribution in [1.82, 2.24) is 5.32 Å². The highest BCUT2D eigenvalue weighted by molar-refractivity contribution is 6.08. The number of hydrogen-bond donors (Lipinski definition) is 3. The van der Waals surface area contributed by atoms with Gasteiger partial charge in [-0.15, -0.1) is 0 Å². The van der Waals surface area contributed by atoms with Gasteiger partial charge in [-0.3, -0.25) is 4.79 Å². The van der Waals surface area contributed by atoms with Gasteiger partial charge in [0.2, 0.25) is 11.7 Å². The maximum absolute atomic E-state index is 14.1. The van der Waals surface area contributed by atoms with Gasteiger partial charge in [0, 0.05) is 6.54 Å². The Morgan fingerprint density at radius 1 is 1.06 bits per heavy atom. The van der Waals surface area contributed by atoms with E-state index in [4.69, 9.17) is 4.74 Å². The van der Waals surface area contributed by atoms with E-state index in [0.717, 1.165) is 27.8 Å². The molecule has 0 radical (unpaired) electrons. The normalized spacial score (nSPS) is 13.8. The van der Waals surface area contributed by atoms with Crippen molar-refractivity contribution in [2.24, 2.45) is 0 Å². The average molecular weight is 445 g/mol. The van der Waals surface area contributed by atoms with E-state index in [1.807, 2.05) is 43.3 Å². The predicted octanol–water partition coefficient (Wildman–Crippen LogP) is 5.28. The number of amides is 1. The summed E-state index contributed by atoms with van der Waals surface area (Å²) in [5.41, 5.74) is 5.46. The third-order valence-electron chi connectivity index (χ3n) is 5.73. The largest absolute Gasteiger partial charge is 0.504 e. The monoisotopic (exact) mass is 445 g/mol. The standard InChI is InChI=1S/C27H24FNO4/c1-16-21(10-18-11-24(30)27(32)25(12-18)33-2)20-9-8-19(28)13-23(20)22(16)14-26(31)29-15-17-6-4-3-5-7-17/h3-13,30,32H,14-15H2,1-2H3,(H,29,31)/b21-10-. The van der Waals surface area contributed by atoms with Gasteiger partial charge < -0.3 is 20.3 Å². The fourth-order valence-electron chi connectivity index (χ4n) is 4.02. The molecule has 1 aliphatic carbocycles. The second kappa shape index (κ2) is 9.20. The van der Waals surface area contributed by atoms with Gasteiger partial charge in [-0.25, -0.2) is 4.39 Å². The summed E-state index contributed by atoms with van der Waals surface area (Å²) in [7, 11) is 1.40. The second-order valence-electron chi connectivity index (χ2n) is 7.88. The zero-order chi connectivity index (χ0) is 23.5. The van der Waals surface area contributed by atoms with Crippen LogP contribution in [0.3, 0.4) is 0 Å². The number of phenolic OH excluding ortho intramolecular Hbond substituents is 2. The van der Waals surface area contributed by atoms with E-state index in [2.05, 4.69) is 5.32 Å². The van der Waals surface area contributed by atoms with Crippen LogP contribution in [0, 0.1) is 5.82 Å². The van der Waals surface area contributed by atoms with E-state index in [-0.39, 0.29) is 35.4 Å². The van der Waals surface area contributed by atoms with Crippen LogP contribution < -0.4 is 10.1 Å². The lowest BCUT2D eigenvalue weighted by Crippen LogP contribution is -2.22. The summed E-state index contributed by atoms with van der Waals surface area (Å²) >= 11 is 0. The van der Waals surface area contributed by atoms with E-state index in [1.54, 1.807) is 12.1 Å². The smallest absolute Gasteiger partial charge is 0.224 e. The summed E-state index contributed by atoms with van der Waals surface area (Å²) in [4.78, 5) is 12.7. The Hall–Kier alpha value is -4.06. The van der Waals surface area contributed by atoms with Crippen LogP contribution in [0.2, 0.25) is 0 Å². The minimum Gasteiger partial charge on any atom is -0.504 e. The van der Waals surface area contributed by atoms with Crippen molar-refractivity contribution < 1.29 is 24.1 Å². The molecule has 1 amide bonds. The molecule has 4 rings (SSSR count). The number of rotatable bonds is 6. The van der Waals surface area contributed by atoms with E-state index in [9.17, 15) is 19.4 Å². The lowest BCUT2D eigenvalue weighted by Gasteiger charge is -2.09. The summed E-state index contributed by atoms with van der Waals surface area (Å²) in [6.45, 7) is 2.30. The predicted molar refractivity (Wildman–Crippen MR) is 126 cm³/mol. The third kappa shape index (κ3) is 4.60. The first-order valence-corrected chi connectivity index (χ1v) is 10.5. The Kier molecular flexibility index (Phi) is 6.18. The second-order valence-corrected chi connectivity index (χ2v) is 7.88. The van der Waals surface area contributed by atoms with Gasteiger partial charge in [0.15, 0.2) is 11.5 Å². The van der Waals surface area contributed by atoms with Crippen molar-refractivity contribution in [1.29, 1.82) is 0 Å². The molecule has 0 aliphatic heterocycles. The van der Waals surface area contributed by atoms with E-state index < -0.39 is 0 Å². The number of carbonyl (C=O) groups excluding carboxylic acids is 1. The van der Waals surface area contributed by atoms with Crippen LogP contribution in [0.4, 0.5) is 4.39 Å². The zero-order valence-electron chi connectivity index (χ0n) is 18.4. The molecule has 0 heterocycles. The van der Waals surface area contributed by atoms with Crippen molar-refractivity contribution in [2.75, 3.05) is 7.11 Å². The fourth-order valence-corrected chi connectivity index (χ4v) is 4.02. The van der Waals surface area contributed by atoms with Crippen molar-refractivity contribution >= 4 is 23.1 Å².